The molecule has 3 aromatic rings. The summed E-state index contributed by atoms with van der Waals surface area (Å²) < 4.78 is 1.67. The van der Waals surface area contributed by atoms with Gasteiger partial charge < -0.3 is 5.32 Å². The number of benzene rings is 1. The number of amides is 1. The Morgan fingerprint density at radius 3 is 2.95 bits per heavy atom. The lowest BCUT2D eigenvalue weighted by Crippen LogP contribution is -2.15. The zero-order valence-electron chi connectivity index (χ0n) is 11.6. The van der Waals surface area contributed by atoms with Gasteiger partial charge in [-0.05, 0) is 18.6 Å². The average molecular weight is 304 g/mol. The van der Waals surface area contributed by atoms with Crippen molar-refractivity contribution < 1.29 is 4.79 Å². The summed E-state index contributed by atoms with van der Waals surface area (Å²) >= 11 is 6.06. The van der Waals surface area contributed by atoms with Crippen LogP contribution in [0.1, 0.15) is 11.3 Å². The lowest BCUT2D eigenvalue weighted by molar-refractivity contribution is -0.115. The third kappa shape index (κ3) is 2.50. The molecule has 2 heterocycles. The van der Waals surface area contributed by atoms with Crippen molar-refractivity contribution in [1.82, 2.24) is 20.0 Å². The Labute approximate surface area is 126 Å². The third-order valence-electron chi connectivity index (χ3n) is 3.29. The second-order valence-corrected chi connectivity index (χ2v) is 5.23. The summed E-state index contributed by atoms with van der Waals surface area (Å²) in [6.45, 7) is 1.88. The number of carbonyl (C=O) groups excluding carboxylic acids is 1. The van der Waals surface area contributed by atoms with E-state index in [9.17, 15) is 4.79 Å². The van der Waals surface area contributed by atoms with Gasteiger partial charge in [0, 0.05) is 12.1 Å². The number of nitrogens with one attached hydrogen (secondary N) is 2. The molecule has 0 saturated heterocycles. The summed E-state index contributed by atoms with van der Waals surface area (Å²) in [6, 6.07) is 7.29. The van der Waals surface area contributed by atoms with E-state index in [-0.39, 0.29) is 12.3 Å². The molecule has 7 heteroatoms. The molecular weight excluding hydrogens is 290 g/mol. The van der Waals surface area contributed by atoms with Gasteiger partial charge in [-0.3, -0.25) is 9.89 Å². The molecule has 0 spiro atoms. The minimum atomic E-state index is -0.156. The van der Waals surface area contributed by atoms with Gasteiger partial charge >= 0.3 is 0 Å². The fraction of sp³-hybridized carbons (Fsp3) is 0.214. The van der Waals surface area contributed by atoms with Crippen molar-refractivity contribution in [2.24, 2.45) is 7.05 Å². The SMILES string of the molecule is Cc1nn(C)c2n[nH]c(NC(=O)Cc3ccccc3Cl)c12. The molecule has 2 N–H and O–H groups in total. The summed E-state index contributed by atoms with van der Waals surface area (Å²) in [5.41, 5.74) is 2.31. The number of halogens is 1. The van der Waals surface area contributed by atoms with Crippen molar-refractivity contribution >= 4 is 34.4 Å². The quantitative estimate of drug-likeness (QED) is 0.780. The van der Waals surface area contributed by atoms with Crippen molar-refractivity contribution in [3.8, 4) is 0 Å². The summed E-state index contributed by atoms with van der Waals surface area (Å²) in [6.07, 6.45) is 0.208. The van der Waals surface area contributed by atoms with E-state index < -0.39 is 0 Å². The number of nitrogens with zero attached hydrogens (tertiary/aromatic N) is 3. The van der Waals surface area contributed by atoms with Crippen LogP contribution in [0.2, 0.25) is 5.02 Å². The first-order valence-corrected chi connectivity index (χ1v) is 6.85. The predicted octanol–water partition coefficient (Wildman–Crippen LogP) is 2.44. The van der Waals surface area contributed by atoms with Crippen LogP contribution in [0.25, 0.3) is 11.0 Å². The number of fused-ring (bicyclic) bond motifs is 1. The highest BCUT2D eigenvalue weighted by Crippen LogP contribution is 2.23. The van der Waals surface area contributed by atoms with E-state index >= 15 is 0 Å². The highest BCUT2D eigenvalue weighted by Gasteiger charge is 2.16. The van der Waals surface area contributed by atoms with E-state index in [1.807, 2.05) is 32.2 Å². The number of anilines is 1. The minimum absolute atomic E-state index is 0.156. The number of hydrogen-bond donors (Lipinski definition) is 2. The first-order valence-electron chi connectivity index (χ1n) is 6.47. The van der Waals surface area contributed by atoms with E-state index in [1.54, 1.807) is 10.7 Å². The zero-order valence-corrected chi connectivity index (χ0v) is 12.4. The van der Waals surface area contributed by atoms with Crippen LogP contribution < -0.4 is 5.32 Å². The Bertz CT molecular complexity index is 820. The van der Waals surface area contributed by atoms with E-state index in [1.165, 1.54) is 0 Å². The van der Waals surface area contributed by atoms with Gasteiger partial charge in [-0.15, -0.1) is 0 Å². The van der Waals surface area contributed by atoms with Crippen molar-refractivity contribution in [3.63, 3.8) is 0 Å². The van der Waals surface area contributed by atoms with Gasteiger partial charge in [-0.2, -0.15) is 10.2 Å². The Kier molecular flexibility index (Phi) is 3.39. The molecule has 0 bridgehead atoms. The van der Waals surface area contributed by atoms with Crippen molar-refractivity contribution in [3.05, 3.63) is 40.5 Å². The molecule has 1 amide bonds. The molecule has 0 aliphatic heterocycles. The van der Waals surface area contributed by atoms with Gasteiger partial charge in [-0.1, -0.05) is 29.8 Å². The van der Waals surface area contributed by atoms with Gasteiger partial charge in [-0.25, -0.2) is 4.68 Å². The number of aromatic nitrogens is 4. The molecule has 0 aliphatic rings. The largest absolute Gasteiger partial charge is 0.310 e. The van der Waals surface area contributed by atoms with Crippen LogP contribution in [0.3, 0.4) is 0 Å². The molecule has 2 aromatic heterocycles. The van der Waals surface area contributed by atoms with Crippen LogP contribution >= 0.6 is 11.6 Å². The Morgan fingerprint density at radius 2 is 2.19 bits per heavy atom. The first kappa shape index (κ1) is 13.6. The first-order chi connectivity index (χ1) is 10.1. The molecule has 1 aromatic carbocycles. The highest BCUT2D eigenvalue weighted by atomic mass is 35.5. The van der Waals surface area contributed by atoms with E-state index in [2.05, 4.69) is 20.6 Å². The maximum Gasteiger partial charge on any atom is 0.230 e. The molecule has 0 aliphatic carbocycles. The highest BCUT2D eigenvalue weighted by molar-refractivity contribution is 6.31. The number of carbonyl (C=O) groups is 1. The number of aryl methyl sites for hydroxylation is 2. The van der Waals surface area contributed by atoms with Crippen molar-refractivity contribution in [1.29, 1.82) is 0 Å². The minimum Gasteiger partial charge on any atom is -0.310 e. The molecule has 108 valence electrons. The lowest BCUT2D eigenvalue weighted by atomic mass is 10.1. The normalized spacial score (nSPS) is 11.0. The topological polar surface area (TPSA) is 75.6 Å². The fourth-order valence-corrected chi connectivity index (χ4v) is 2.52. The van der Waals surface area contributed by atoms with Gasteiger partial charge in [0.25, 0.3) is 0 Å². The van der Waals surface area contributed by atoms with Crippen LogP contribution in [0, 0.1) is 6.92 Å². The number of hydrogen-bond acceptors (Lipinski definition) is 3. The predicted molar refractivity (Wildman–Crippen MR) is 81.4 cm³/mol. The van der Waals surface area contributed by atoms with Crippen molar-refractivity contribution in [2.45, 2.75) is 13.3 Å². The smallest absolute Gasteiger partial charge is 0.230 e. The molecule has 0 fully saturated rings. The van der Waals surface area contributed by atoms with Crippen LogP contribution in [0.4, 0.5) is 5.82 Å². The van der Waals surface area contributed by atoms with Crippen LogP contribution in [0.5, 0.6) is 0 Å². The summed E-state index contributed by atoms with van der Waals surface area (Å²) in [5.74, 6) is 0.407. The Hall–Kier alpha value is -2.34. The Balaban J connectivity index is 1.82. The molecular formula is C14H14ClN5O. The van der Waals surface area contributed by atoms with Gasteiger partial charge in [0.05, 0.1) is 17.5 Å². The van der Waals surface area contributed by atoms with Crippen molar-refractivity contribution in [2.75, 3.05) is 5.32 Å². The van der Waals surface area contributed by atoms with E-state index in [0.29, 0.717) is 16.5 Å². The standard InChI is InChI=1S/C14H14ClN5O/c1-8-12-13(17-18-14(12)20(2)19-8)16-11(21)7-9-5-3-4-6-10(9)15/h3-6H,7H2,1-2H3,(H2,16,17,18,21). The lowest BCUT2D eigenvalue weighted by Gasteiger charge is -2.05. The van der Waals surface area contributed by atoms with E-state index in [4.69, 9.17) is 11.6 Å². The molecule has 0 atom stereocenters. The summed E-state index contributed by atoms with van der Waals surface area (Å²) in [7, 11) is 1.81. The van der Waals surface area contributed by atoms with Crippen LogP contribution in [0.15, 0.2) is 24.3 Å². The number of aromatic amines is 1. The number of rotatable bonds is 3. The second-order valence-electron chi connectivity index (χ2n) is 4.82. The molecule has 0 unspecified atom stereocenters. The summed E-state index contributed by atoms with van der Waals surface area (Å²) in [5, 5.41) is 15.5. The second kappa shape index (κ2) is 5.21. The van der Waals surface area contributed by atoms with Gasteiger partial charge in [0.15, 0.2) is 5.65 Å². The van der Waals surface area contributed by atoms with Gasteiger partial charge in [0.2, 0.25) is 5.91 Å². The molecule has 21 heavy (non-hydrogen) atoms. The molecule has 0 radical (unpaired) electrons. The van der Waals surface area contributed by atoms with Gasteiger partial charge in [0.1, 0.15) is 5.82 Å². The monoisotopic (exact) mass is 303 g/mol. The van der Waals surface area contributed by atoms with Crippen LogP contribution in [-0.4, -0.2) is 25.9 Å². The molecule has 3 rings (SSSR count). The zero-order chi connectivity index (χ0) is 15.0. The molecule has 6 nitrogen and oxygen atoms in total. The maximum atomic E-state index is 12.1. The summed E-state index contributed by atoms with van der Waals surface area (Å²) in [4.78, 5) is 12.1. The Morgan fingerprint density at radius 1 is 1.43 bits per heavy atom. The third-order valence-corrected chi connectivity index (χ3v) is 3.66. The fourth-order valence-electron chi connectivity index (χ4n) is 2.32. The average Bonchev–Trinajstić information content (AvgIpc) is 2.96. The maximum absolute atomic E-state index is 12.1. The van der Waals surface area contributed by atoms with Crippen LogP contribution in [-0.2, 0) is 18.3 Å². The molecule has 0 saturated carbocycles. The number of H-pyrrole nitrogens is 1. The van der Waals surface area contributed by atoms with E-state index in [0.717, 1.165) is 16.6 Å².